The van der Waals surface area contributed by atoms with Gasteiger partial charge in [0.15, 0.2) is 0 Å². The molecule has 0 spiro atoms. The Bertz CT molecular complexity index is 569. The third kappa shape index (κ3) is 5.03. The van der Waals surface area contributed by atoms with Crippen LogP contribution in [-0.4, -0.2) is 42.1 Å². The zero-order valence-electron chi connectivity index (χ0n) is 14.0. The molecule has 0 bridgehead atoms. The largest absolute Gasteiger partial charge is 0.490 e. The fourth-order valence-corrected chi connectivity index (χ4v) is 2.89. The number of carbonyl (C=O) groups excluding carboxylic acids is 2. The Hall–Kier alpha value is -1.95. The minimum Gasteiger partial charge on any atom is -0.490 e. The third-order valence-electron chi connectivity index (χ3n) is 4.10. The number of carbonyl (C=O) groups is 2. The van der Waals surface area contributed by atoms with Gasteiger partial charge in [-0.15, -0.1) is 0 Å². The van der Waals surface area contributed by atoms with Crippen LogP contribution in [0.3, 0.4) is 0 Å². The summed E-state index contributed by atoms with van der Waals surface area (Å²) >= 11 is 5.86. The number of urea groups is 1. The van der Waals surface area contributed by atoms with Gasteiger partial charge in [-0.3, -0.25) is 4.79 Å². The van der Waals surface area contributed by atoms with E-state index in [9.17, 15) is 9.59 Å². The van der Waals surface area contributed by atoms with Gasteiger partial charge in [0.1, 0.15) is 17.9 Å². The van der Waals surface area contributed by atoms with Gasteiger partial charge in [-0.05, 0) is 30.2 Å². The summed E-state index contributed by atoms with van der Waals surface area (Å²) in [5, 5.41) is 3.21. The Balaban J connectivity index is 1.87. The van der Waals surface area contributed by atoms with Gasteiger partial charge in [-0.25, -0.2) is 4.79 Å². The molecule has 3 amide bonds. The van der Waals surface area contributed by atoms with E-state index in [0.717, 1.165) is 18.6 Å². The van der Waals surface area contributed by atoms with Crippen molar-refractivity contribution < 1.29 is 14.3 Å². The van der Waals surface area contributed by atoms with Crippen LogP contribution in [0.15, 0.2) is 24.3 Å². The summed E-state index contributed by atoms with van der Waals surface area (Å²) < 4.78 is 5.92. The predicted octanol–water partition coefficient (Wildman–Crippen LogP) is 2.40. The van der Waals surface area contributed by atoms with Crippen molar-refractivity contribution >= 4 is 23.5 Å². The number of hydrogen-bond donors (Lipinski definition) is 2. The number of nitrogens with two attached hydrogens (primary N) is 1. The highest BCUT2D eigenvalue weighted by molar-refractivity contribution is 6.30. The molecule has 6 nitrogen and oxygen atoms in total. The van der Waals surface area contributed by atoms with Crippen LogP contribution >= 0.6 is 11.6 Å². The molecule has 132 valence electrons. The van der Waals surface area contributed by atoms with Crippen LogP contribution in [0.1, 0.15) is 26.7 Å². The quantitative estimate of drug-likeness (QED) is 0.852. The summed E-state index contributed by atoms with van der Waals surface area (Å²) in [6.45, 7) is 4.96. The highest BCUT2D eigenvalue weighted by Crippen LogP contribution is 2.21. The molecule has 0 radical (unpaired) electrons. The van der Waals surface area contributed by atoms with Crippen molar-refractivity contribution in [1.82, 2.24) is 10.2 Å². The molecule has 2 rings (SSSR count). The number of nitrogens with one attached hydrogen (secondary N) is 1. The summed E-state index contributed by atoms with van der Waals surface area (Å²) in [4.78, 5) is 25.4. The predicted molar refractivity (Wildman–Crippen MR) is 93.0 cm³/mol. The van der Waals surface area contributed by atoms with Crippen LogP contribution in [0.25, 0.3) is 0 Å². The van der Waals surface area contributed by atoms with E-state index in [1.54, 1.807) is 17.0 Å². The molecule has 0 unspecified atom stereocenters. The van der Waals surface area contributed by atoms with Gasteiger partial charge >= 0.3 is 6.03 Å². The maximum absolute atomic E-state index is 12.6. The molecule has 1 heterocycles. The molecule has 0 aromatic heterocycles. The maximum atomic E-state index is 12.6. The average Bonchev–Trinajstić information content (AvgIpc) is 2.54. The highest BCUT2D eigenvalue weighted by atomic mass is 35.5. The van der Waals surface area contributed by atoms with Gasteiger partial charge in [-0.1, -0.05) is 25.4 Å². The first-order valence-corrected chi connectivity index (χ1v) is 8.51. The van der Waals surface area contributed by atoms with E-state index < -0.39 is 12.1 Å². The Kier molecular flexibility index (Phi) is 6.31. The van der Waals surface area contributed by atoms with Crippen molar-refractivity contribution in [1.29, 1.82) is 0 Å². The van der Waals surface area contributed by atoms with Crippen LogP contribution in [0.2, 0.25) is 5.02 Å². The number of amides is 3. The van der Waals surface area contributed by atoms with Gasteiger partial charge in [0, 0.05) is 31.0 Å². The average molecular weight is 354 g/mol. The van der Waals surface area contributed by atoms with E-state index >= 15 is 0 Å². The first kappa shape index (κ1) is 18.4. The topological polar surface area (TPSA) is 84.7 Å². The van der Waals surface area contributed by atoms with Gasteiger partial charge in [-0.2, -0.15) is 0 Å². The first-order valence-electron chi connectivity index (χ1n) is 8.14. The summed E-state index contributed by atoms with van der Waals surface area (Å²) in [5.74, 6) is 0.668. The number of piperidine rings is 1. The van der Waals surface area contributed by atoms with Crippen molar-refractivity contribution in [2.45, 2.75) is 38.8 Å². The number of nitrogens with zero attached hydrogens (tertiary/aromatic N) is 1. The molecule has 1 aromatic carbocycles. The fourth-order valence-electron chi connectivity index (χ4n) is 2.76. The van der Waals surface area contributed by atoms with E-state index in [1.165, 1.54) is 0 Å². The Morgan fingerprint density at radius 3 is 2.33 bits per heavy atom. The molecule has 1 aromatic rings. The molecule has 1 saturated heterocycles. The number of hydrogen-bond acceptors (Lipinski definition) is 3. The third-order valence-corrected chi connectivity index (χ3v) is 4.35. The first-order chi connectivity index (χ1) is 11.4. The second kappa shape index (κ2) is 8.24. The lowest BCUT2D eigenvalue weighted by Crippen LogP contribution is -2.54. The van der Waals surface area contributed by atoms with E-state index in [2.05, 4.69) is 5.32 Å². The smallest absolute Gasteiger partial charge is 0.312 e. The van der Waals surface area contributed by atoms with Crippen molar-refractivity contribution in [3.05, 3.63) is 29.3 Å². The molecule has 3 N–H and O–H groups in total. The molecule has 1 atom stereocenters. The second-order valence-electron chi connectivity index (χ2n) is 6.33. The zero-order valence-corrected chi connectivity index (χ0v) is 14.8. The zero-order chi connectivity index (χ0) is 17.7. The number of primary amides is 1. The van der Waals surface area contributed by atoms with E-state index in [0.29, 0.717) is 18.1 Å². The number of halogens is 1. The standard InChI is InChI=1S/C17H24ClN3O3/c1-11(2)15(20-17(19)23)16(22)21-9-7-14(8-10-21)24-13-5-3-12(18)4-6-13/h3-6,11,14-15H,7-10H2,1-2H3,(H3,19,20,23)/t15-/m0/s1. The fraction of sp³-hybridized carbons (Fsp3) is 0.529. The molecule has 1 aliphatic heterocycles. The summed E-state index contributed by atoms with van der Waals surface area (Å²) in [6.07, 6.45) is 1.56. The van der Waals surface area contributed by atoms with Crippen molar-refractivity contribution in [3.8, 4) is 5.75 Å². The number of ether oxygens (including phenoxy) is 1. The van der Waals surface area contributed by atoms with Crippen LogP contribution in [0.5, 0.6) is 5.75 Å². The lowest BCUT2D eigenvalue weighted by Gasteiger charge is -2.35. The lowest BCUT2D eigenvalue weighted by atomic mass is 10.0. The molecule has 7 heteroatoms. The van der Waals surface area contributed by atoms with Gasteiger partial charge < -0.3 is 20.7 Å². The normalized spacial score (nSPS) is 16.8. The summed E-state index contributed by atoms with van der Waals surface area (Å²) in [7, 11) is 0. The molecular formula is C17H24ClN3O3. The van der Waals surface area contributed by atoms with Crippen LogP contribution < -0.4 is 15.8 Å². The molecular weight excluding hydrogens is 330 g/mol. The summed E-state index contributed by atoms with van der Waals surface area (Å²) in [5.41, 5.74) is 5.17. The second-order valence-corrected chi connectivity index (χ2v) is 6.76. The van der Waals surface area contributed by atoms with Gasteiger partial charge in [0.2, 0.25) is 5.91 Å². The van der Waals surface area contributed by atoms with E-state index in [1.807, 2.05) is 26.0 Å². The lowest BCUT2D eigenvalue weighted by molar-refractivity contribution is -0.136. The number of likely N-dealkylation sites (tertiary alicyclic amines) is 1. The van der Waals surface area contributed by atoms with Crippen molar-refractivity contribution in [2.24, 2.45) is 11.7 Å². The van der Waals surface area contributed by atoms with Gasteiger partial charge in [0.05, 0.1) is 0 Å². The van der Waals surface area contributed by atoms with Crippen molar-refractivity contribution in [2.75, 3.05) is 13.1 Å². The maximum Gasteiger partial charge on any atom is 0.312 e. The molecule has 1 fully saturated rings. The Morgan fingerprint density at radius 1 is 1.25 bits per heavy atom. The minimum absolute atomic E-state index is 0.0203. The number of benzene rings is 1. The minimum atomic E-state index is -0.678. The van der Waals surface area contributed by atoms with Crippen LogP contribution in [-0.2, 0) is 4.79 Å². The highest BCUT2D eigenvalue weighted by Gasteiger charge is 2.31. The monoisotopic (exact) mass is 353 g/mol. The molecule has 1 aliphatic rings. The Labute approximate surface area is 147 Å². The molecule has 0 saturated carbocycles. The van der Waals surface area contributed by atoms with Crippen LogP contribution in [0.4, 0.5) is 4.79 Å². The van der Waals surface area contributed by atoms with Gasteiger partial charge in [0.25, 0.3) is 0 Å². The van der Waals surface area contributed by atoms with E-state index in [4.69, 9.17) is 22.1 Å². The molecule has 0 aliphatic carbocycles. The Morgan fingerprint density at radius 2 is 1.83 bits per heavy atom. The van der Waals surface area contributed by atoms with E-state index in [-0.39, 0.29) is 17.9 Å². The number of rotatable bonds is 5. The van der Waals surface area contributed by atoms with Crippen molar-refractivity contribution in [3.63, 3.8) is 0 Å². The van der Waals surface area contributed by atoms with Crippen LogP contribution in [0, 0.1) is 5.92 Å². The SMILES string of the molecule is CC(C)[C@H](NC(N)=O)C(=O)N1CCC(Oc2ccc(Cl)cc2)CC1. The molecule has 24 heavy (non-hydrogen) atoms. The summed E-state index contributed by atoms with van der Waals surface area (Å²) in [6, 6.07) is 5.99.